The lowest BCUT2D eigenvalue weighted by Gasteiger charge is -2.30. The van der Waals surface area contributed by atoms with Crippen LogP contribution >= 0.6 is 0 Å². The van der Waals surface area contributed by atoms with Crippen molar-refractivity contribution >= 4 is 5.82 Å². The van der Waals surface area contributed by atoms with Crippen molar-refractivity contribution < 1.29 is 0 Å². The summed E-state index contributed by atoms with van der Waals surface area (Å²) in [6, 6.07) is 0. The smallest absolute Gasteiger partial charge is 0.147 e. The molecule has 16 heavy (non-hydrogen) atoms. The number of rotatable bonds is 2. The van der Waals surface area contributed by atoms with Crippen molar-refractivity contribution in [2.45, 2.75) is 19.8 Å². The molecule has 1 saturated heterocycles. The standard InChI is InChI=1S/C12H20N4/c1-2-15-7-3-9-16(10-4-8-15)12-11-13-5-6-14-12/h5-6,11H,2-4,7-10H2,1H3. The Kier molecular flexibility index (Phi) is 4.10. The summed E-state index contributed by atoms with van der Waals surface area (Å²) in [5, 5.41) is 0. The van der Waals surface area contributed by atoms with Gasteiger partial charge >= 0.3 is 0 Å². The van der Waals surface area contributed by atoms with Crippen LogP contribution in [0.1, 0.15) is 19.8 Å². The number of nitrogens with zero attached hydrogens (tertiary/aromatic N) is 4. The molecule has 0 radical (unpaired) electrons. The molecule has 2 rings (SSSR count). The van der Waals surface area contributed by atoms with Gasteiger partial charge in [-0.2, -0.15) is 0 Å². The summed E-state index contributed by atoms with van der Waals surface area (Å²) in [6.45, 7) is 8.00. The maximum absolute atomic E-state index is 4.36. The van der Waals surface area contributed by atoms with E-state index in [-0.39, 0.29) is 0 Å². The average molecular weight is 220 g/mol. The SMILES string of the molecule is CCN1CCCN(c2cnccn2)CCC1. The highest BCUT2D eigenvalue weighted by atomic mass is 15.2. The summed E-state index contributed by atoms with van der Waals surface area (Å²) >= 11 is 0. The zero-order chi connectivity index (χ0) is 11.2. The van der Waals surface area contributed by atoms with Gasteiger partial charge in [0.2, 0.25) is 0 Å². The molecule has 0 aromatic carbocycles. The third-order valence-electron chi connectivity index (χ3n) is 3.13. The van der Waals surface area contributed by atoms with Gasteiger partial charge in [-0.3, -0.25) is 4.98 Å². The highest BCUT2D eigenvalue weighted by Gasteiger charge is 2.12. The molecule has 2 heterocycles. The van der Waals surface area contributed by atoms with Gasteiger partial charge in [-0.15, -0.1) is 0 Å². The minimum absolute atomic E-state index is 1.02. The van der Waals surface area contributed by atoms with E-state index in [1.54, 1.807) is 12.4 Å². The predicted octanol–water partition coefficient (Wildman–Crippen LogP) is 1.40. The van der Waals surface area contributed by atoms with Crippen LogP contribution in [0.5, 0.6) is 0 Å². The minimum Gasteiger partial charge on any atom is -0.355 e. The Morgan fingerprint density at radius 1 is 1.12 bits per heavy atom. The molecule has 1 aromatic heterocycles. The second-order valence-electron chi connectivity index (χ2n) is 4.19. The second-order valence-corrected chi connectivity index (χ2v) is 4.19. The van der Waals surface area contributed by atoms with Gasteiger partial charge in [0.25, 0.3) is 0 Å². The highest BCUT2D eigenvalue weighted by molar-refractivity contribution is 5.34. The van der Waals surface area contributed by atoms with E-state index in [2.05, 4.69) is 26.7 Å². The fraction of sp³-hybridized carbons (Fsp3) is 0.667. The van der Waals surface area contributed by atoms with Gasteiger partial charge in [0.05, 0.1) is 6.20 Å². The third kappa shape index (κ3) is 2.92. The predicted molar refractivity (Wildman–Crippen MR) is 65.6 cm³/mol. The quantitative estimate of drug-likeness (QED) is 0.754. The summed E-state index contributed by atoms with van der Waals surface area (Å²) in [7, 11) is 0. The maximum Gasteiger partial charge on any atom is 0.147 e. The molecule has 4 nitrogen and oxygen atoms in total. The van der Waals surface area contributed by atoms with Gasteiger partial charge in [-0.05, 0) is 32.5 Å². The molecule has 88 valence electrons. The number of anilines is 1. The number of aromatic nitrogens is 2. The van der Waals surface area contributed by atoms with Gasteiger partial charge in [0.15, 0.2) is 0 Å². The minimum atomic E-state index is 1.02. The molecule has 4 heteroatoms. The lowest BCUT2D eigenvalue weighted by atomic mass is 10.2. The fourth-order valence-corrected chi connectivity index (χ4v) is 2.19. The lowest BCUT2D eigenvalue weighted by Crippen LogP contribution is -2.37. The van der Waals surface area contributed by atoms with E-state index in [0.717, 1.165) is 18.9 Å². The van der Waals surface area contributed by atoms with E-state index < -0.39 is 0 Å². The molecule has 0 aliphatic carbocycles. The fourth-order valence-electron chi connectivity index (χ4n) is 2.19. The molecular formula is C12H20N4. The summed E-state index contributed by atoms with van der Waals surface area (Å²) in [5.74, 6) is 1.02. The van der Waals surface area contributed by atoms with Gasteiger partial charge in [-0.25, -0.2) is 4.98 Å². The maximum atomic E-state index is 4.36. The summed E-state index contributed by atoms with van der Waals surface area (Å²) < 4.78 is 0. The zero-order valence-corrected chi connectivity index (χ0v) is 9.97. The molecule has 0 atom stereocenters. The van der Waals surface area contributed by atoms with Gasteiger partial charge in [0, 0.05) is 25.5 Å². The van der Waals surface area contributed by atoms with Crippen molar-refractivity contribution in [1.82, 2.24) is 14.9 Å². The molecule has 0 N–H and O–H groups in total. The van der Waals surface area contributed by atoms with Crippen LogP contribution in [-0.2, 0) is 0 Å². The molecule has 0 saturated carbocycles. The Labute approximate surface area is 97.3 Å². The van der Waals surface area contributed by atoms with Gasteiger partial charge in [-0.1, -0.05) is 6.92 Å². The molecule has 1 aromatic rings. The van der Waals surface area contributed by atoms with Gasteiger partial charge in [0.1, 0.15) is 5.82 Å². The molecule has 0 bridgehead atoms. The van der Waals surface area contributed by atoms with Crippen molar-refractivity contribution in [1.29, 1.82) is 0 Å². The second kappa shape index (κ2) is 5.80. The van der Waals surface area contributed by atoms with E-state index in [4.69, 9.17) is 0 Å². The van der Waals surface area contributed by atoms with Crippen LogP contribution in [0.3, 0.4) is 0 Å². The van der Waals surface area contributed by atoms with Crippen LogP contribution in [0.25, 0.3) is 0 Å². The Bertz CT molecular complexity index is 291. The Balaban J connectivity index is 1.93. The van der Waals surface area contributed by atoms with E-state index in [9.17, 15) is 0 Å². The Morgan fingerprint density at radius 2 is 1.88 bits per heavy atom. The van der Waals surface area contributed by atoms with Gasteiger partial charge < -0.3 is 9.80 Å². The highest BCUT2D eigenvalue weighted by Crippen LogP contribution is 2.11. The summed E-state index contributed by atoms with van der Waals surface area (Å²) in [5.41, 5.74) is 0. The first-order valence-electron chi connectivity index (χ1n) is 6.13. The van der Waals surface area contributed by atoms with Crippen molar-refractivity contribution in [3.63, 3.8) is 0 Å². The van der Waals surface area contributed by atoms with E-state index in [0.29, 0.717) is 0 Å². The molecule has 1 fully saturated rings. The van der Waals surface area contributed by atoms with E-state index >= 15 is 0 Å². The monoisotopic (exact) mass is 220 g/mol. The first-order valence-corrected chi connectivity index (χ1v) is 6.13. The van der Waals surface area contributed by atoms with Crippen molar-refractivity contribution in [3.8, 4) is 0 Å². The molecule has 0 amide bonds. The van der Waals surface area contributed by atoms with Crippen molar-refractivity contribution in [3.05, 3.63) is 18.6 Å². The van der Waals surface area contributed by atoms with Crippen LogP contribution in [-0.4, -0.2) is 47.6 Å². The number of hydrogen-bond acceptors (Lipinski definition) is 4. The van der Waals surface area contributed by atoms with E-state index in [1.807, 2.05) is 6.20 Å². The van der Waals surface area contributed by atoms with Crippen molar-refractivity contribution in [2.24, 2.45) is 0 Å². The normalized spacial score (nSPS) is 19.2. The van der Waals surface area contributed by atoms with E-state index in [1.165, 1.54) is 32.5 Å². The van der Waals surface area contributed by atoms with Crippen LogP contribution in [0.4, 0.5) is 5.82 Å². The summed E-state index contributed by atoms with van der Waals surface area (Å²) in [6.07, 6.45) is 7.78. The average Bonchev–Trinajstić information content (AvgIpc) is 2.30. The zero-order valence-electron chi connectivity index (χ0n) is 9.97. The summed E-state index contributed by atoms with van der Waals surface area (Å²) in [4.78, 5) is 13.4. The molecule has 0 unspecified atom stereocenters. The molecule has 1 aliphatic rings. The molecular weight excluding hydrogens is 200 g/mol. The lowest BCUT2D eigenvalue weighted by molar-refractivity contribution is 0.272. The molecule has 1 aliphatic heterocycles. The Morgan fingerprint density at radius 3 is 2.44 bits per heavy atom. The third-order valence-corrected chi connectivity index (χ3v) is 3.13. The number of hydrogen-bond donors (Lipinski definition) is 0. The largest absolute Gasteiger partial charge is 0.355 e. The first-order chi connectivity index (χ1) is 7.90. The Hall–Kier alpha value is -1.16. The topological polar surface area (TPSA) is 32.3 Å². The molecule has 0 spiro atoms. The van der Waals surface area contributed by atoms with Crippen molar-refractivity contribution in [2.75, 3.05) is 37.6 Å². The van der Waals surface area contributed by atoms with Crippen LogP contribution < -0.4 is 4.90 Å². The van der Waals surface area contributed by atoms with Crippen LogP contribution in [0.2, 0.25) is 0 Å². The first kappa shape index (κ1) is 11.3. The van der Waals surface area contributed by atoms with Crippen LogP contribution in [0, 0.1) is 0 Å². The van der Waals surface area contributed by atoms with Crippen LogP contribution in [0.15, 0.2) is 18.6 Å².